The van der Waals surface area contributed by atoms with E-state index in [0.29, 0.717) is 5.52 Å². The summed E-state index contributed by atoms with van der Waals surface area (Å²) >= 11 is 0. The molecule has 0 unspecified atom stereocenters. The first kappa shape index (κ1) is 20.3. The number of nitrogens with zero attached hydrogens (tertiary/aromatic N) is 2. The summed E-state index contributed by atoms with van der Waals surface area (Å²) in [6.45, 7) is 10.9. The predicted molar refractivity (Wildman–Crippen MR) is 107 cm³/mol. The average molecular weight is 386 g/mol. The monoisotopic (exact) mass is 386 g/mol. The van der Waals surface area contributed by atoms with Gasteiger partial charge < -0.3 is 0 Å². The van der Waals surface area contributed by atoms with Gasteiger partial charge in [0.25, 0.3) is 0 Å². The van der Waals surface area contributed by atoms with Crippen molar-refractivity contribution >= 4 is 10.9 Å². The lowest BCUT2D eigenvalue weighted by Crippen LogP contribution is -2.36. The van der Waals surface area contributed by atoms with Crippen molar-refractivity contribution < 1.29 is 13.2 Å². The normalized spacial score (nSPS) is 13.2. The molecule has 0 bridgehead atoms. The summed E-state index contributed by atoms with van der Waals surface area (Å²) in [5.74, 6) is 0. The molecule has 0 aliphatic heterocycles. The Morgan fingerprint density at radius 2 is 1.46 bits per heavy atom. The maximum Gasteiger partial charge on any atom is 0.397 e. The fourth-order valence-corrected chi connectivity index (χ4v) is 3.19. The van der Waals surface area contributed by atoms with Gasteiger partial charge in [0.2, 0.25) is 0 Å². The Balaban J connectivity index is 2.19. The minimum Gasteiger partial charge on any atom is -0.236 e. The van der Waals surface area contributed by atoms with Gasteiger partial charge in [0, 0.05) is 10.9 Å². The standard InChI is InChI=1S/C23H25F3N2/c1-14-9-15(11-17(10-14)21(2,3)4)20-18-8-7-16(12-19(18)27-13-28-20)22(5,6)23(24,25)26/h7-13H,1-6H3. The molecule has 0 saturated carbocycles. The van der Waals surface area contributed by atoms with Crippen LogP contribution < -0.4 is 0 Å². The molecule has 0 aliphatic rings. The molecule has 0 spiro atoms. The summed E-state index contributed by atoms with van der Waals surface area (Å²) < 4.78 is 40.3. The molecule has 0 atom stereocenters. The molecule has 0 aliphatic carbocycles. The Kier molecular flexibility index (Phi) is 4.77. The fraction of sp³-hybridized carbons (Fsp3) is 0.391. The number of fused-ring (bicyclic) bond motifs is 1. The van der Waals surface area contributed by atoms with E-state index in [1.54, 1.807) is 6.07 Å². The van der Waals surface area contributed by atoms with Crippen LogP contribution in [0.4, 0.5) is 13.2 Å². The molecule has 0 fully saturated rings. The third kappa shape index (κ3) is 3.62. The summed E-state index contributed by atoms with van der Waals surface area (Å²) in [7, 11) is 0. The third-order valence-electron chi connectivity index (χ3n) is 5.28. The van der Waals surface area contributed by atoms with Gasteiger partial charge in [-0.2, -0.15) is 13.2 Å². The lowest BCUT2D eigenvalue weighted by atomic mass is 9.83. The van der Waals surface area contributed by atoms with Crippen LogP contribution in [0.3, 0.4) is 0 Å². The van der Waals surface area contributed by atoms with E-state index in [-0.39, 0.29) is 11.0 Å². The molecule has 1 heterocycles. The molecule has 0 amide bonds. The smallest absolute Gasteiger partial charge is 0.236 e. The molecule has 0 radical (unpaired) electrons. The van der Waals surface area contributed by atoms with E-state index in [2.05, 4.69) is 42.9 Å². The van der Waals surface area contributed by atoms with E-state index in [4.69, 9.17) is 0 Å². The van der Waals surface area contributed by atoms with Crippen LogP contribution in [0, 0.1) is 6.92 Å². The highest BCUT2D eigenvalue weighted by molar-refractivity contribution is 5.92. The number of hydrogen-bond acceptors (Lipinski definition) is 2. The number of halogens is 3. The van der Waals surface area contributed by atoms with E-state index in [1.165, 1.54) is 37.9 Å². The van der Waals surface area contributed by atoms with Crippen molar-refractivity contribution in [2.24, 2.45) is 0 Å². The van der Waals surface area contributed by atoms with Gasteiger partial charge in [0.15, 0.2) is 0 Å². The van der Waals surface area contributed by atoms with E-state index < -0.39 is 11.6 Å². The fourth-order valence-electron chi connectivity index (χ4n) is 3.19. The highest BCUT2D eigenvalue weighted by Gasteiger charge is 2.48. The van der Waals surface area contributed by atoms with Crippen LogP contribution in [-0.2, 0) is 10.8 Å². The molecule has 2 aromatic carbocycles. The molecule has 5 heteroatoms. The van der Waals surface area contributed by atoms with Crippen LogP contribution in [-0.4, -0.2) is 16.1 Å². The minimum atomic E-state index is -4.34. The van der Waals surface area contributed by atoms with Gasteiger partial charge in [-0.3, -0.25) is 0 Å². The molecule has 1 aromatic heterocycles. The second-order valence-corrected chi connectivity index (χ2v) is 8.91. The third-order valence-corrected chi connectivity index (χ3v) is 5.28. The number of aromatic nitrogens is 2. The van der Waals surface area contributed by atoms with Crippen molar-refractivity contribution in [1.82, 2.24) is 9.97 Å². The minimum absolute atomic E-state index is 0.0203. The lowest BCUT2D eigenvalue weighted by Gasteiger charge is -2.28. The highest BCUT2D eigenvalue weighted by Crippen LogP contribution is 2.41. The first-order chi connectivity index (χ1) is 12.8. The first-order valence-corrected chi connectivity index (χ1v) is 9.25. The van der Waals surface area contributed by atoms with Crippen LogP contribution >= 0.6 is 0 Å². The SMILES string of the molecule is Cc1cc(-c2ncnc3cc(C(C)(C)C(F)(F)F)ccc23)cc(C(C)(C)C)c1. The van der Waals surface area contributed by atoms with Gasteiger partial charge in [-0.15, -0.1) is 0 Å². The Bertz CT molecular complexity index is 1030. The predicted octanol–water partition coefficient (Wildman–Crippen LogP) is 6.74. The Labute approximate surface area is 163 Å². The van der Waals surface area contributed by atoms with E-state index in [9.17, 15) is 13.2 Å². The van der Waals surface area contributed by atoms with Gasteiger partial charge in [-0.25, -0.2) is 9.97 Å². The topological polar surface area (TPSA) is 25.8 Å². The Morgan fingerprint density at radius 3 is 2.07 bits per heavy atom. The van der Waals surface area contributed by atoms with Crippen molar-refractivity contribution in [2.75, 3.05) is 0 Å². The van der Waals surface area contributed by atoms with Gasteiger partial charge in [-0.05, 0) is 55.5 Å². The molecule has 148 valence electrons. The summed E-state index contributed by atoms with van der Waals surface area (Å²) in [5.41, 5.74) is 2.71. The van der Waals surface area contributed by atoms with Gasteiger partial charge >= 0.3 is 6.18 Å². The summed E-state index contributed by atoms with van der Waals surface area (Å²) in [6.07, 6.45) is -2.92. The Hall–Kier alpha value is -2.43. The molecule has 3 rings (SSSR count). The zero-order valence-corrected chi connectivity index (χ0v) is 17.1. The highest BCUT2D eigenvalue weighted by atomic mass is 19.4. The molecule has 0 N–H and O–H groups in total. The second-order valence-electron chi connectivity index (χ2n) is 8.91. The van der Waals surface area contributed by atoms with Gasteiger partial charge in [-0.1, -0.05) is 44.5 Å². The summed E-state index contributed by atoms with van der Waals surface area (Å²) in [4.78, 5) is 8.69. The Morgan fingerprint density at radius 1 is 0.786 bits per heavy atom. The number of benzene rings is 2. The van der Waals surface area contributed by atoms with Gasteiger partial charge in [0.1, 0.15) is 6.33 Å². The van der Waals surface area contributed by atoms with Crippen LogP contribution in [0.15, 0.2) is 42.7 Å². The second kappa shape index (κ2) is 6.57. The van der Waals surface area contributed by atoms with Crippen molar-refractivity contribution in [3.8, 4) is 11.3 Å². The number of hydrogen-bond donors (Lipinski definition) is 0. The molecule has 3 aromatic rings. The van der Waals surface area contributed by atoms with Gasteiger partial charge in [0.05, 0.1) is 16.6 Å². The maximum absolute atomic E-state index is 13.4. The largest absolute Gasteiger partial charge is 0.397 e. The molecule has 0 saturated heterocycles. The number of aryl methyl sites for hydroxylation is 1. The lowest BCUT2D eigenvalue weighted by molar-refractivity contribution is -0.180. The molecular formula is C23H25F3N2. The van der Waals surface area contributed by atoms with E-state index >= 15 is 0 Å². The van der Waals surface area contributed by atoms with E-state index in [1.807, 2.05) is 13.0 Å². The zero-order chi connectivity index (χ0) is 20.9. The van der Waals surface area contributed by atoms with Crippen LogP contribution in [0.2, 0.25) is 0 Å². The van der Waals surface area contributed by atoms with E-state index in [0.717, 1.165) is 22.2 Å². The summed E-state index contributed by atoms with van der Waals surface area (Å²) in [5, 5.41) is 0.745. The molecular weight excluding hydrogens is 361 g/mol. The molecule has 28 heavy (non-hydrogen) atoms. The van der Waals surface area contributed by atoms with Crippen molar-refractivity contribution in [2.45, 2.75) is 58.5 Å². The molecule has 2 nitrogen and oxygen atoms in total. The quantitative estimate of drug-likeness (QED) is 0.487. The van der Waals surface area contributed by atoms with Crippen molar-refractivity contribution in [3.63, 3.8) is 0 Å². The van der Waals surface area contributed by atoms with Crippen molar-refractivity contribution in [3.05, 3.63) is 59.4 Å². The summed E-state index contributed by atoms with van der Waals surface area (Å²) in [6, 6.07) is 11.0. The van der Waals surface area contributed by atoms with Crippen LogP contribution in [0.1, 0.15) is 51.3 Å². The van der Waals surface area contributed by atoms with Crippen molar-refractivity contribution in [1.29, 1.82) is 0 Å². The van der Waals surface area contributed by atoms with Crippen LogP contribution in [0.25, 0.3) is 22.2 Å². The number of rotatable bonds is 2. The average Bonchev–Trinajstić information content (AvgIpc) is 2.58. The van der Waals surface area contributed by atoms with Crippen LogP contribution in [0.5, 0.6) is 0 Å². The maximum atomic E-state index is 13.4. The first-order valence-electron chi connectivity index (χ1n) is 9.25. The zero-order valence-electron chi connectivity index (χ0n) is 17.1. The number of alkyl halides is 3.